The van der Waals surface area contributed by atoms with Gasteiger partial charge in [-0.1, -0.05) is 31.2 Å². The summed E-state index contributed by atoms with van der Waals surface area (Å²) in [5.41, 5.74) is 2.39. The van der Waals surface area contributed by atoms with E-state index in [0.717, 1.165) is 28.0 Å². The maximum Gasteiger partial charge on any atom is 0.410 e. The van der Waals surface area contributed by atoms with Gasteiger partial charge in [-0.3, -0.25) is 9.36 Å². The Morgan fingerprint density at radius 3 is 2.39 bits per heavy atom. The molecule has 0 radical (unpaired) electrons. The zero-order valence-corrected chi connectivity index (χ0v) is 20.9. The van der Waals surface area contributed by atoms with E-state index in [9.17, 15) is 18.8 Å². The summed E-state index contributed by atoms with van der Waals surface area (Å²) in [4.78, 5) is 43.0. The number of ether oxygens (including phenoxy) is 1. The fourth-order valence-corrected chi connectivity index (χ4v) is 5.94. The zero-order chi connectivity index (χ0) is 25.4. The molecule has 2 aromatic carbocycles. The molecule has 4 aromatic rings. The van der Waals surface area contributed by atoms with Crippen LogP contribution < -0.4 is 11.2 Å². The number of hydrogen-bond donors (Lipinski definition) is 0. The van der Waals surface area contributed by atoms with Crippen molar-refractivity contribution in [2.24, 2.45) is 0 Å². The van der Waals surface area contributed by atoms with Crippen molar-refractivity contribution in [3.05, 3.63) is 96.8 Å². The molecule has 2 aromatic heterocycles. The second-order valence-corrected chi connectivity index (χ2v) is 9.79. The predicted octanol–water partition coefficient (Wildman–Crippen LogP) is 4.48. The van der Waals surface area contributed by atoms with E-state index in [2.05, 4.69) is 0 Å². The van der Waals surface area contributed by atoms with Gasteiger partial charge in [0.05, 0.1) is 30.8 Å². The maximum absolute atomic E-state index is 13.8. The molecule has 5 rings (SSSR count). The Morgan fingerprint density at radius 2 is 1.72 bits per heavy atom. The minimum atomic E-state index is -0.457. The molecule has 1 aliphatic rings. The van der Waals surface area contributed by atoms with Crippen LogP contribution in [-0.4, -0.2) is 33.3 Å². The number of aryl methyl sites for hydroxylation is 1. The molecule has 1 aliphatic heterocycles. The van der Waals surface area contributed by atoms with Crippen molar-refractivity contribution in [1.29, 1.82) is 0 Å². The van der Waals surface area contributed by atoms with E-state index in [4.69, 9.17) is 4.74 Å². The number of rotatable bonds is 5. The van der Waals surface area contributed by atoms with Gasteiger partial charge in [-0.05, 0) is 60.7 Å². The van der Waals surface area contributed by atoms with Crippen LogP contribution in [0.4, 0.5) is 9.18 Å². The number of nitrogens with zero attached hydrogens (tertiary/aromatic N) is 3. The number of halogens is 1. The summed E-state index contributed by atoms with van der Waals surface area (Å²) in [5, 5.41) is 0.500. The van der Waals surface area contributed by atoms with Gasteiger partial charge in [0, 0.05) is 11.4 Å². The van der Waals surface area contributed by atoms with E-state index in [1.54, 1.807) is 40.7 Å². The van der Waals surface area contributed by atoms with E-state index >= 15 is 0 Å². The highest BCUT2D eigenvalue weighted by Crippen LogP contribution is 2.33. The minimum absolute atomic E-state index is 0.184. The summed E-state index contributed by atoms with van der Waals surface area (Å²) in [6.45, 7) is 5.02. The van der Waals surface area contributed by atoms with Gasteiger partial charge in [0.1, 0.15) is 10.6 Å². The fraction of sp³-hybridized carbons (Fsp3) is 0.296. The Morgan fingerprint density at radius 1 is 1.03 bits per heavy atom. The lowest BCUT2D eigenvalue weighted by molar-refractivity contribution is 0.103. The number of fused-ring (bicyclic) bond motifs is 3. The van der Waals surface area contributed by atoms with Crippen LogP contribution in [0.3, 0.4) is 0 Å². The van der Waals surface area contributed by atoms with Gasteiger partial charge in [0.2, 0.25) is 0 Å². The SMILES string of the molecule is CCOC(=O)N1CCc2c(sc3c2c(=O)n(-c2ccc(CC)cc2)c(=O)n3Cc2ccc(F)cc2)C1. The highest BCUT2D eigenvalue weighted by atomic mass is 32.1. The van der Waals surface area contributed by atoms with Crippen molar-refractivity contribution in [2.45, 2.75) is 39.8 Å². The van der Waals surface area contributed by atoms with Crippen LogP contribution in [0, 0.1) is 5.82 Å². The molecule has 0 aliphatic carbocycles. The summed E-state index contributed by atoms with van der Waals surface area (Å²) >= 11 is 1.35. The minimum Gasteiger partial charge on any atom is -0.450 e. The van der Waals surface area contributed by atoms with Crippen LogP contribution in [0.25, 0.3) is 15.9 Å². The number of thiophene rings is 1. The molecule has 7 nitrogen and oxygen atoms in total. The summed E-state index contributed by atoms with van der Waals surface area (Å²) in [6.07, 6.45) is 0.947. The molecule has 0 fully saturated rings. The average Bonchev–Trinajstić information content (AvgIpc) is 3.27. The summed E-state index contributed by atoms with van der Waals surface area (Å²) in [5.74, 6) is -0.358. The number of amides is 1. The second kappa shape index (κ2) is 9.73. The van der Waals surface area contributed by atoms with Crippen LogP contribution in [0.5, 0.6) is 0 Å². The summed E-state index contributed by atoms with van der Waals surface area (Å²) in [6, 6.07) is 13.4. The molecular formula is C27H26FN3O4S. The monoisotopic (exact) mass is 507 g/mol. The Labute approximate surface area is 211 Å². The van der Waals surface area contributed by atoms with Gasteiger partial charge in [-0.25, -0.2) is 18.5 Å². The Balaban J connectivity index is 1.71. The van der Waals surface area contributed by atoms with E-state index in [1.165, 1.54) is 28.0 Å². The molecule has 3 heterocycles. The first-order chi connectivity index (χ1) is 17.4. The lowest BCUT2D eigenvalue weighted by Gasteiger charge is -2.25. The Kier molecular flexibility index (Phi) is 6.49. The van der Waals surface area contributed by atoms with E-state index in [1.807, 2.05) is 19.1 Å². The van der Waals surface area contributed by atoms with Crippen molar-refractivity contribution < 1.29 is 13.9 Å². The molecule has 0 atom stereocenters. The third-order valence-electron chi connectivity index (χ3n) is 6.51. The molecular weight excluding hydrogens is 481 g/mol. The van der Waals surface area contributed by atoms with E-state index < -0.39 is 11.8 Å². The molecule has 0 saturated heterocycles. The molecule has 186 valence electrons. The average molecular weight is 508 g/mol. The van der Waals surface area contributed by atoms with Gasteiger partial charge in [0.25, 0.3) is 5.56 Å². The summed E-state index contributed by atoms with van der Waals surface area (Å²) in [7, 11) is 0. The van der Waals surface area contributed by atoms with Crippen LogP contribution in [0.2, 0.25) is 0 Å². The third-order valence-corrected chi connectivity index (χ3v) is 7.75. The first kappa shape index (κ1) is 24.0. The van der Waals surface area contributed by atoms with Crippen molar-refractivity contribution in [2.75, 3.05) is 13.2 Å². The zero-order valence-electron chi connectivity index (χ0n) is 20.1. The lowest BCUT2D eigenvalue weighted by atomic mass is 10.1. The van der Waals surface area contributed by atoms with Gasteiger partial charge in [0.15, 0.2) is 0 Å². The van der Waals surface area contributed by atoms with E-state index in [0.29, 0.717) is 35.4 Å². The van der Waals surface area contributed by atoms with Crippen LogP contribution in [0.1, 0.15) is 35.4 Å². The standard InChI is InChI=1S/C27H26FN3O4S/c1-3-17-7-11-20(12-8-17)31-24(32)23-21-13-14-29(27(34)35-4-2)16-22(21)36-25(23)30(26(31)33)15-18-5-9-19(28)10-6-18/h5-12H,3-4,13-16H2,1-2H3. The molecule has 0 saturated carbocycles. The molecule has 0 bridgehead atoms. The summed E-state index contributed by atoms with van der Waals surface area (Å²) < 4.78 is 21.5. The molecule has 1 amide bonds. The van der Waals surface area contributed by atoms with Crippen LogP contribution >= 0.6 is 11.3 Å². The van der Waals surface area contributed by atoms with Gasteiger partial charge in [-0.2, -0.15) is 0 Å². The highest BCUT2D eigenvalue weighted by Gasteiger charge is 2.29. The smallest absolute Gasteiger partial charge is 0.410 e. The lowest BCUT2D eigenvalue weighted by Crippen LogP contribution is -2.39. The first-order valence-corrected chi connectivity index (χ1v) is 12.8. The normalized spacial score (nSPS) is 13.1. The number of carbonyl (C=O) groups excluding carboxylic acids is 1. The molecule has 0 N–H and O–H groups in total. The van der Waals surface area contributed by atoms with Crippen molar-refractivity contribution in [3.8, 4) is 5.69 Å². The highest BCUT2D eigenvalue weighted by molar-refractivity contribution is 7.18. The van der Waals surface area contributed by atoms with E-state index in [-0.39, 0.29) is 24.5 Å². The fourth-order valence-electron chi connectivity index (χ4n) is 4.60. The Hall–Kier alpha value is -3.72. The Bertz CT molecular complexity index is 1550. The molecule has 9 heteroatoms. The van der Waals surface area contributed by atoms with Gasteiger partial charge < -0.3 is 9.64 Å². The van der Waals surface area contributed by atoms with Gasteiger partial charge in [-0.15, -0.1) is 11.3 Å². The maximum atomic E-state index is 13.8. The number of aromatic nitrogens is 2. The molecule has 36 heavy (non-hydrogen) atoms. The topological polar surface area (TPSA) is 73.5 Å². The van der Waals surface area contributed by atoms with Crippen LogP contribution in [-0.2, 0) is 30.7 Å². The van der Waals surface area contributed by atoms with Crippen molar-refractivity contribution in [3.63, 3.8) is 0 Å². The van der Waals surface area contributed by atoms with Crippen LogP contribution in [0.15, 0.2) is 58.1 Å². The number of carbonyl (C=O) groups is 1. The third kappa shape index (κ3) is 4.24. The van der Waals surface area contributed by atoms with Crippen molar-refractivity contribution >= 4 is 27.6 Å². The van der Waals surface area contributed by atoms with Crippen molar-refractivity contribution in [1.82, 2.24) is 14.0 Å². The predicted molar refractivity (Wildman–Crippen MR) is 138 cm³/mol. The van der Waals surface area contributed by atoms with Gasteiger partial charge >= 0.3 is 11.8 Å². The molecule has 0 spiro atoms. The second-order valence-electron chi connectivity index (χ2n) is 8.71. The number of hydrogen-bond acceptors (Lipinski definition) is 5. The number of benzene rings is 2. The largest absolute Gasteiger partial charge is 0.450 e. The quantitative estimate of drug-likeness (QED) is 0.399. The first-order valence-electron chi connectivity index (χ1n) is 12.0. The molecule has 0 unspecified atom stereocenters.